The number of nitrogens with zero attached hydrogens (tertiary/aromatic N) is 1. The van der Waals surface area contributed by atoms with Crippen LogP contribution in [0.1, 0.15) is 16.7 Å². The largest absolute Gasteiger partial charge is 0.383 e. The predicted octanol–water partition coefficient (Wildman–Crippen LogP) is 2.11. The number of carbonyl (C=O) groups excluding carboxylic acids is 1. The number of aliphatic hydroxyl groups is 2. The number of hydrogen-bond acceptors (Lipinski definition) is 6. The maximum Gasteiger partial charge on any atom is 0.252 e. The predicted molar refractivity (Wildman–Crippen MR) is 91.6 cm³/mol. The molecule has 3 aromatic rings. The molecule has 5 nitrogen and oxygen atoms in total. The quantitative estimate of drug-likeness (QED) is 0.637. The van der Waals surface area contributed by atoms with Crippen LogP contribution < -0.4 is 5.32 Å². The van der Waals surface area contributed by atoms with Crippen molar-refractivity contribution in [3.05, 3.63) is 51.7 Å². The minimum Gasteiger partial charge on any atom is -0.383 e. The first-order chi connectivity index (χ1) is 11.1. The first-order valence-corrected chi connectivity index (χ1v) is 8.91. The van der Waals surface area contributed by atoms with Crippen LogP contribution in [0, 0.1) is 0 Å². The topological polar surface area (TPSA) is 82.5 Å². The van der Waals surface area contributed by atoms with Crippen molar-refractivity contribution in [2.75, 3.05) is 6.54 Å². The van der Waals surface area contributed by atoms with Gasteiger partial charge in [0, 0.05) is 6.54 Å². The van der Waals surface area contributed by atoms with Gasteiger partial charge >= 0.3 is 0 Å². The van der Waals surface area contributed by atoms with E-state index in [1.54, 1.807) is 11.3 Å². The monoisotopic (exact) mass is 348 g/mol. The van der Waals surface area contributed by atoms with Crippen LogP contribution in [0.5, 0.6) is 0 Å². The van der Waals surface area contributed by atoms with Crippen LogP contribution in [0.3, 0.4) is 0 Å². The van der Waals surface area contributed by atoms with Gasteiger partial charge in [0.1, 0.15) is 11.1 Å². The molecule has 0 aliphatic rings. The molecular weight excluding hydrogens is 332 g/mol. The Morgan fingerprint density at radius 3 is 2.83 bits per heavy atom. The summed E-state index contributed by atoms with van der Waals surface area (Å²) >= 11 is 2.87. The summed E-state index contributed by atoms with van der Waals surface area (Å²) in [6.07, 6.45) is -2.16. The van der Waals surface area contributed by atoms with Crippen LogP contribution >= 0.6 is 22.7 Å². The van der Waals surface area contributed by atoms with E-state index in [0.717, 1.165) is 15.8 Å². The van der Waals surface area contributed by atoms with Crippen LogP contribution in [-0.4, -0.2) is 33.8 Å². The molecule has 2 atom stereocenters. The second-order valence-corrected chi connectivity index (χ2v) is 6.92. The lowest BCUT2D eigenvalue weighted by atomic mass is 10.2. The molecule has 2 aromatic heterocycles. The Morgan fingerprint density at radius 1 is 1.26 bits per heavy atom. The lowest BCUT2D eigenvalue weighted by Gasteiger charge is -2.15. The number of nitrogens with one attached hydrogen (secondary N) is 1. The lowest BCUT2D eigenvalue weighted by molar-refractivity contribution is -0.135. The zero-order chi connectivity index (χ0) is 16.2. The van der Waals surface area contributed by atoms with Gasteiger partial charge in [-0.3, -0.25) is 4.79 Å². The van der Waals surface area contributed by atoms with E-state index < -0.39 is 18.1 Å². The van der Waals surface area contributed by atoms with Crippen molar-refractivity contribution in [2.24, 2.45) is 0 Å². The smallest absolute Gasteiger partial charge is 0.252 e. The number of aromatic nitrogens is 1. The van der Waals surface area contributed by atoms with Gasteiger partial charge in [-0.05, 0) is 40.9 Å². The zero-order valence-corrected chi connectivity index (χ0v) is 13.8. The molecule has 7 heteroatoms. The van der Waals surface area contributed by atoms with E-state index in [2.05, 4.69) is 10.3 Å². The molecule has 0 radical (unpaired) electrons. The molecule has 0 unspecified atom stereocenters. The van der Waals surface area contributed by atoms with Crippen molar-refractivity contribution < 1.29 is 15.0 Å². The summed E-state index contributed by atoms with van der Waals surface area (Å²) in [4.78, 5) is 16.2. The number of thiophene rings is 1. The molecule has 120 valence electrons. The highest BCUT2D eigenvalue weighted by Gasteiger charge is 2.28. The second-order valence-electron chi connectivity index (χ2n) is 5.08. The number of carbonyl (C=O) groups is 1. The highest BCUT2D eigenvalue weighted by molar-refractivity contribution is 7.18. The first kappa shape index (κ1) is 16.1. The molecular formula is C16H16N2O3S2. The fourth-order valence-electron chi connectivity index (χ4n) is 2.16. The Balaban J connectivity index is 1.59. The van der Waals surface area contributed by atoms with Gasteiger partial charge in [0.05, 0.1) is 10.2 Å². The Bertz CT molecular complexity index is 753. The van der Waals surface area contributed by atoms with Gasteiger partial charge in [-0.15, -0.1) is 11.3 Å². The molecule has 3 N–H and O–H groups in total. The molecule has 1 amide bonds. The number of benzene rings is 1. The summed E-state index contributed by atoms with van der Waals surface area (Å²) in [6.45, 7) is 0.416. The minimum absolute atomic E-state index is 0.340. The molecule has 2 heterocycles. The van der Waals surface area contributed by atoms with E-state index in [0.29, 0.717) is 18.0 Å². The molecule has 3 rings (SSSR count). The number of fused-ring (bicyclic) bond motifs is 1. The molecule has 0 aliphatic carbocycles. The van der Waals surface area contributed by atoms with Gasteiger partial charge in [-0.2, -0.15) is 11.3 Å². The molecule has 23 heavy (non-hydrogen) atoms. The molecule has 0 spiro atoms. The normalized spacial score (nSPS) is 13.8. The van der Waals surface area contributed by atoms with Crippen LogP contribution in [0.2, 0.25) is 0 Å². The Labute approximate surface area is 141 Å². The van der Waals surface area contributed by atoms with Gasteiger partial charge < -0.3 is 15.5 Å². The van der Waals surface area contributed by atoms with Gasteiger partial charge in [-0.25, -0.2) is 4.98 Å². The van der Waals surface area contributed by atoms with Crippen molar-refractivity contribution in [1.29, 1.82) is 0 Å². The molecule has 0 aliphatic heterocycles. The maximum atomic E-state index is 12.0. The Morgan fingerprint density at radius 2 is 2.09 bits per heavy atom. The van der Waals surface area contributed by atoms with Gasteiger partial charge in [0.2, 0.25) is 0 Å². The fraction of sp³-hybridized carbons (Fsp3) is 0.250. The van der Waals surface area contributed by atoms with Gasteiger partial charge in [0.25, 0.3) is 5.91 Å². The summed E-state index contributed by atoms with van der Waals surface area (Å²) in [7, 11) is 0. The number of rotatable bonds is 6. The molecule has 0 saturated heterocycles. The summed E-state index contributed by atoms with van der Waals surface area (Å²) in [5.74, 6) is -0.591. The van der Waals surface area contributed by atoms with Crippen LogP contribution in [-0.2, 0) is 11.2 Å². The number of hydrogen-bond donors (Lipinski definition) is 3. The molecule has 0 saturated carbocycles. The van der Waals surface area contributed by atoms with E-state index >= 15 is 0 Å². The average Bonchev–Trinajstić information content (AvgIpc) is 3.22. The second kappa shape index (κ2) is 7.18. The zero-order valence-electron chi connectivity index (χ0n) is 12.2. The standard InChI is InChI=1S/C16H16N2O3S2/c19-13(15(21)17-7-5-10-6-8-22-9-10)14(20)16-18-11-3-1-2-4-12(11)23-16/h1-4,6,8-9,13-14,19-20H,5,7H2,(H,17,21)/t13-,14-/m1/s1. The van der Waals surface area contributed by atoms with E-state index in [1.807, 2.05) is 41.1 Å². The maximum absolute atomic E-state index is 12.0. The van der Waals surface area contributed by atoms with Gasteiger partial charge in [0.15, 0.2) is 6.10 Å². The summed E-state index contributed by atoms with van der Waals surface area (Å²) in [5, 5.41) is 27.2. The Hall–Kier alpha value is -1.80. The summed E-state index contributed by atoms with van der Waals surface area (Å²) < 4.78 is 0.909. The summed E-state index contributed by atoms with van der Waals surface area (Å²) in [6, 6.07) is 9.44. The lowest BCUT2D eigenvalue weighted by Crippen LogP contribution is -2.39. The number of thiazole rings is 1. The van der Waals surface area contributed by atoms with Crippen LogP contribution in [0.25, 0.3) is 10.2 Å². The van der Waals surface area contributed by atoms with Crippen molar-refractivity contribution in [3.8, 4) is 0 Å². The van der Waals surface area contributed by atoms with E-state index in [9.17, 15) is 15.0 Å². The highest BCUT2D eigenvalue weighted by atomic mass is 32.1. The third kappa shape index (κ3) is 3.76. The van der Waals surface area contributed by atoms with Gasteiger partial charge in [-0.1, -0.05) is 12.1 Å². The minimum atomic E-state index is -1.53. The van der Waals surface area contributed by atoms with E-state index in [-0.39, 0.29) is 0 Å². The third-order valence-electron chi connectivity index (χ3n) is 3.42. The number of aliphatic hydroxyl groups excluding tert-OH is 2. The average molecular weight is 348 g/mol. The van der Waals surface area contributed by atoms with Crippen molar-refractivity contribution >= 4 is 38.8 Å². The molecule has 1 aromatic carbocycles. The van der Waals surface area contributed by atoms with Crippen molar-refractivity contribution in [3.63, 3.8) is 0 Å². The number of amides is 1. The summed E-state index contributed by atoms with van der Waals surface area (Å²) in [5.41, 5.74) is 1.88. The SMILES string of the molecule is O=C(NCCc1ccsc1)[C@H](O)[C@@H](O)c1nc2ccccc2s1. The number of para-hydroxylation sites is 1. The van der Waals surface area contributed by atoms with Crippen LogP contribution in [0.4, 0.5) is 0 Å². The third-order valence-corrected chi connectivity index (χ3v) is 5.26. The van der Waals surface area contributed by atoms with E-state index in [1.165, 1.54) is 11.3 Å². The van der Waals surface area contributed by atoms with Crippen molar-refractivity contribution in [2.45, 2.75) is 18.6 Å². The Kier molecular flexibility index (Phi) is 5.02. The van der Waals surface area contributed by atoms with E-state index in [4.69, 9.17) is 0 Å². The molecule has 0 bridgehead atoms. The van der Waals surface area contributed by atoms with Crippen molar-refractivity contribution in [1.82, 2.24) is 10.3 Å². The fourth-order valence-corrected chi connectivity index (χ4v) is 3.85. The highest BCUT2D eigenvalue weighted by Crippen LogP contribution is 2.27. The first-order valence-electron chi connectivity index (χ1n) is 7.15. The van der Waals surface area contributed by atoms with Crippen LogP contribution in [0.15, 0.2) is 41.1 Å². The molecule has 0 fully saturated rings.